The maximum absolute atomic E-state index is 12.9. The first-order valence-corrected chi connectivity index (χ1v) is 8.51. The maximum atomic E-state index is 12.9. The second-order valence-corrected chi connectivity index (χ2v) is 6.41. The molecule has 1 fully saturated rings. The van der Waals surface area contributed by atoms with Crippen LogP contribution in [0, 0.1) is 0 Å². The van der Waals surface area contributed by atoms with Gasteiger partial charge >= 0.3 is 0 Å². The highest BCUT2D eigenvalue weighted by Crippen LogP contribution is 2.25. The Hall–Kier alpha value is -2.73. The van der Waals surface area contributed by atoms with Crippen LogP contribution in [0.25, 0.3) is 0 Å². The fraction of sp³-hybridized carbons (Fsp3) is 0.316. The number of rotatable bonds is 3. The highest BCUT2D eigenvalue weighted by atomic mass is 16.2. The van der Waals surface area contributed by atoms with Gasteiger partial charge in [0.25, 0.3) is 5.91 Å². The number of hydrogen-bond donors (Lipinski definition) is 1. The summed E-state index contributed by atoms with van der Waals surface area (Å²) in [7, 11) is 0. The number of amides is 2. The van der Waals surface area contributed by atoms with Crippen LogP contribution in [-0.2, 0) is 11.3 Å². The predicted octanol–water partition coefficient (Wildman–Crippen LogP) is 1.21. The van der Waals surface area contributed by atoms with Gasteiger partial charge in [-0.15, -0.1) is 0 Å². The molecule has 0 bridgehead atoms. The molecule has 0 radical (unpaired) electrons. The Labute approximate surface area is 146 Å². The van der Waals surface area contributed by atoms with Gasteiger partial charge in [-0.05, 0) is 23.3 Å². The third-order valence-electron chi connectivity index (χ3n) is 4.86. The molecule has 1 atom stereocenters. The van der Waals surface area contributed by atoms with E-state index >= 15 is 0 Å². The average Bonchev–Trinajstić information content (AvgIpc) is 2.98. The zero-order chi connectivity index (χ0) is 17.2. The lowest BCUT2D eigenvalue weighted by atomic mass is 10.1. The van der Waals surface area contributed by atoms with Crippen LogP contribution in [0.1, 0.15) is 27.5 Å². The Morgan fingerprint density at radius 3 is 2.92 bits per heavy atom. The fourth-order valence-electron chi connectivity index (χ4n) is 3.57. The summed E-state index contributed by atoms with van der Waals surface area (Å²) in [4.78, 5) is 33.1. The van der Waals surface area contributed by atoms with E-state index in [1.165, 1.54) is 0 Å². The topological polar surface area (TPSA) is 65.5 Å². The number of benzene rings is 1. The molecule has 1 aromatic heterocycles. The smallest absolute Gasteiger partial charge is 0.254 e. The summed E-state index contributed by atoms with van der Waals surface area (Å²) >= 11 is 0. The second kappa shape index (κ2) is 6.64. The van der Waals surface area contributed by atoms with Crippen molar-refractivity contribution in [2.45, 2.75) is 12.6 Å². The largest absolute Gasteiger partial charge is 0.331 e. The van der Waals surface area contributed by atoms with Crippen molar-refractivity contribution in [3.05, 3.63) is 65.5 Å². The summed E-state index contributed by atoms with van der Waals surface area (Å²) in [6.07, 6.45) is 3.53. The molecule has 6 heteroatoms. The minimum absolute atomic E-state index is 0.0171. The van der Waals surface area contributed by atoms with Gasteiger partial charge in [0.1, 0.15) is 6.54 Å². The zero-order valence-electron chi connectivity index (χ0n) is 13.9. The van der Waals surface area contributed by atoms with Crippen LogP contribution < -0.4 is 5.32 Å². The minimum atomic E-state index is -0.0583. The summed E-state index contributed by atoms with van der Waals surface area (Å²) in [6, 6.07) is 11.4. The van der Waals surface area contributed by atoms with E-state index < -0.39 is 0 Å². The molecule has 6 nitrogen and oxygen atoms in total. The number of carbonyl (C=O) groups excluding carboxylic acids is 2. The first-order chi connectivity index (χ1) is 12.2. The van der Waals surface area contributed by atoms with E-state index in [2.05, 4.69) is 10.3 Å². The van der Waals surface area contributed by atoms with Gasteiger partial charge in [0, 0.05) is 44.1 Å². The number of pyridine rings is 1. The molecular formula is C19H20N4O2. The Morgan fingerprint density at radius 1 is 1.24 bits per heavy atom. The molecule has 2 aliphatic rings. The number of fused-ring (bicyclic) bond motifs is 1. The summed E-state index contributed by atoms with van der Waals surface area (Å²) in [5.74, 6) is -0.0754. The lowest BCUT2D eigenvalue weighted by Gasteiger charge is -2.37. The normalized spacial score (nSPS) is 19.8. The molecule has 2 amide bonds. The van der Waals surface area contributed by atoms with Crippen molar-refractivity contribution in [2.75, 3.05) is 26.2 Å². The maximum Gasteiger partial charge on any atom is 0.254 e. The van der Waals surface area contributed by atoms with Gasteiger partial charge in [-0.25, -0.2) is 0 Å². The lowest BCUT2D eigenvalue weighted by Crippen LogP contribution is -2.51. The van der Waals surface area contributed by atoms with E-state index in [4.69, 9.17) is 0 Å². The first kappa shape index (κ1) is 15.8. The molecular weight excluding hydrogens is 316 g/mol. The molecule has 1 unspecified atom stereocenters. The van der Waals surface area contributed by atoms with Gasteiger partial charge < -0.3 is 15.1 Å². The summed E-state index contributed by atoms with van der Waals surface area (Å²) in [6.45, 7) is 2.71. The van der Waals surface area contributed by atoms with Gasteiger partial charge in [-0.2, -0.15) is 0 Å². The minimum Gasteiger partial charge on any atom is -0.331 e. The molecule has 1 N–H and O–H groups in total. The third-order valence-corrected chi connectivity index (χ3v) is 4.86. The van der Waals surface area contributed by atoms with Gasteiger partial charge in [0.05, 0.1) is 6.04 Å². The van der Waals surface area contributed by atoms with Crippen LogP contribution in [0.2, 0.25) is 0 Å². The zero-order valence-corrected chi connectivity index (χ0v) is 13.9. The highest BCUT2D eigenvalue weighted by molar-refractivity contribution is 6.00. The number of carbonyl (C=O) groups is 2. The highest BCUT2D eigenvalue weighted by Gasteiger charge is 2.33. The molecule has 4 rings (SSSR count). The van der Waals surface area contributed by atoms with Crippen LogP contribution in [0.4, 0.5) is 0 Å². The molecule has 128 valence electrons. The van der Waals surface area contributed by atoms with E-state index in [0.717, 1.165) is 17.7 Å². The van der Waals surface area contributed by atoms with Crippen LogP contribution in [-0.4, -0.2) is 52.8 Å². The van der Waals surface area contributed by atoms with E-state index in [1.807, 2.05) is 41.3 Å². The molecule has 0 aliphatic carbocycles. The lowest BCUT2D eigenvalue weighted by molar-refractivity contribution is -0.135. The summed E-state index contributed by atoms with van der Waals surface area (Å²) in [5, 5.41) is 3.33. The van der Waals surface area contributed by atoms with Crippen molar-refractivity contribution in [3.8, 4) is 0 Å². The SMILES string of the molecule is O=C1c2ccccc2CN1CC(=O)N1CCNCC1c1cccnc1. The molecule has 2 aliphatic heterocycles. The molecule has 1 aromatic carbocycles. The number of hydrogen-bond acceptors (Lipinski definition) is 4. The second-order valence-electron chi connectivity index (χ2n) is 6.41. The number of nitrogens with one attached hydrogen (secondary N) is 1. The van der Waals surface area contributed by atoms with Crippen molar-refractivity contribution in [1.29, 1.82) is 0 Å². The first-order valence-electron chi connectivity index (χ1n) is 8.51. The van der Waals surface area contributed by atoms with Gasteiger partial charge in [-0.3, -0.25) is 14.6 Å². The van der Waals surface area contributed by atoms with Crippen molar-refractivity contribution in [1.82, 2.24) is 20.1 Å². The molecule has 25 heavy (non-hydrogen) atoms. The third kappa shape index (κ3) is 3.00. The Bertz CT molecular complexity index is 793. The van der Waals surface area contributed by atoms with Crippen LogP contribution >= 0.6 is 0 Å². The molecule has 1 saturated heterocycles. The monoisotopic (exact) mass is 336 g/mol. The van der Waals surface area contributed by atoms with E-state index in [-0.39, 0.29) is 24.4 Å². The number of piperazine rings is 1. The summed E-state index contributed by atoms with van der Waals surface area (Å²) < 4.78 is 0. The van der Waals surface area contributed by atoms with Gasteiger partial charge in [0.15, 0.2) is 0 Å². The molecule has 0 saturated carbocycles. The van der Waals surface area contributed by atoms with Crippen molar-refractivity contribution < 1.29 is 9.59 Å². The van der Waals surface area contributed by atoms with Crippen molar-refractivity contribution in [3.63, 3.8) is 0 Å². The summed E-state index contributed by atoms with van der Waals surface area (Å²) in [5.41, 5.74) is 2.71. The Kier molecular flexibility index (Phi) is 4.19. The molecule has 0 spiro atoms. The van der Waals surface area contributed by atoms with Gasteiger partial charge in [-0.1, -0.05) is 24.3 Å². The van der Waals surface area contributed by atoms with Crippen LogP contribution in [0.3, 0.4) is 0 Å². The van der Waals surface area contributed by atoms with Crippen LogP contribution in [0.15, 0.2) is 48.8 Å². The number of aromatic nitrogens is 1. The van der Waals surface area contributed by atoms with Crippen LogP contribution in [0.5, 0.6) is 0 Å². The quantitative estimate of drug-likeness (QED) is 0.915. The standard InChI is InChI=1S/C19H20N4O2/c24-18(13-22-12-15-4-1-2-6-16(15)19(22)25)23-9-8-21-11-17(23)14-5-3-7-20-10-14/h1-7,10,17,21H,8-9,11-13H2. The number of nitrogens with zero attached hydrogens (tertiary/aromatic N) is 3. The molecule has 3 heterocycles. The molecule has 2 aromatic rings. The van der Waals surface area contributed by atoms with Gasteiger partial charge in [0.2, 0.25) is 5.91 Å². The Morgan fingerprint density at radius 2 is 2.12 bits per heavy atom. The van der Waals surface area contributed by atoms with E-state index in [0.29, 0.717) is 25.2 Å². The van der Waals surface area contributed by atoms with E-state index in [1.54, 1.807) is 17.3 Å². The fourth-order valence-corrected chi connectivity index (χ4v) is 3.57. The van der Waals surface area contributed by atoms with Crippen molar-refractivity contribution in [2.24, 2.45) is 0 Å². The van der Waals surface area contributed by atoms with Crippen molar-refractivity contribution >= 4 is 11.8 Å². The van der Waals surface area contributed by atoms with E-state index in [9.17, 15) is 9.59 Å². The predicted molar refractivity (Wildman–Crippen MR) is 92.7 cm³/mol. The average molecular weight is 336 g/mol. The Balaban J connectivity index is 1.50.